The Morgan fingerprint density at radius 2 is 1.50 bits per heavy atom. The van der Waals surface area contributed by atoms with Crippen LogP contribution in [-0.2, 0) is 6.42 Å². The molecular weight excluding hydrogens is 246 g/mol. The van der Waals surface area contributed by atoms with Crippen molar-refractivity contribution in [2.24, 2.45) is 0 Å². The van der Waals surface area contributed by atoms with Gasteiger partial charge in [0.2, 0.25) is 0 Å². The van der Waals surface area contributed by atoms with Crippen LogP contribution < -0.4 is 5.73 Å². The first-order chi connectivity index (χ1) is 8.50. The molecule has 2 aromatic rings. The zero-order valence-electron chi connectivity index (χ0n) is 9.18. The molecule has 0 aliphatic heterocycles. The van der Waals surface area contributed by atoms with Gasteiger partial charge in [0.15, 0.2) is 23.3 Å². The van der Waals surface area contributed by atoms with Crippen LogP contribution in [0.3, 0.4) is 0 Å². The number of rotatable bonds is 2. The maximum atomic E-state index is 13.4. The van der Waals surface area contributed by atoms with Crippen molar-refractivity contribution < 1.29 is 17.6 Å². The molecule has 0 aromatic heterocycles. The molecule has 0 amide bonds. The molecule has 0 spiro atoms. The largest absolute Gasteiger partial charge is 0.398 e. The second-order valence-corrected chi connectivity index (χ2v) is 3.84. The van der Waals surface area contributed by atoms with Crippen molar-refractivity contribution in [2.75, 3.05) is 5.73 Å². The highest BCUT2D eigenvalue weighted by Gasteiger charge is 2.19. The quantitative estimate of drug-likeness (QED) is 0.378. The van der Waals surface area contributed by atoms with Crippen LogP contribution in [0.5, 0.6) is 0 Å². The Hall–Kier alpha value is -2.04. The molecule has 2 rings (SSSR count). The lowest BCUT2D eigenvalue weighted by molar-refractivity contribution is 0.405. The van der Waals surface area contributed by atoms with Gasteiger partial charge in [-0.2, -0.15) is 0 Å². The normalized spacial score (nSPS) is 10.7. The van der Waals surface area contributed by atoms with E-state index in [1.807, 2.05) is 0 Å². The number of anilines is 1. The van der Waals surface area contributed by atoms with Crippen molar-refractivity contribution in [3.63, 3.8) is 0 Å². The Kier molecular flexibility index (Phi) is 3.23. The molecule has 0 atom stereocenters. The molecular formula is C13H9F4N. The van der Waals surface area contributed by atoms with Gasteiger partial charge in [-0.1, -0.05) is 18.2 Å². The van der Waals surface area contributed by atoms with E-state index in [-0.39, 0.29) is 12.0 Å². The van der Waals surface area contributed by atoms with Crippen LogP contribution in [0.15, 0.2) is 30.3 Å². The van der Waals surface area contributed by atoms with E-state index >= 15 is 0 Å². The molecule has 0 heterocycles. The van der Waals surface area contributed by atoms with Crippen LogP contribution in [0.2, 0.25) is 0 Å². The standard InChI is InChI=1S/C13H9F4N/c14-9-6-8(11(15)13(17)12(9)16)5-7-3-1-2-4-10(7)18/h1-4,6H,5,18H2. The molecule has 0 fully saturated rings. The molecule has 18 heavy (non-hydrogen) atoms. The van der Waals surface area contributed by atoms with Gasteiger partial charge in [0.05, 0.1) is 0 Å². The number of halogens is 4. The summed E-state index contributed by atoms with van der Waals surface area (Å²) >= 11 is 0. The topological polar surface area (TPSA) is 26.0 Å². The minimum atomic E-state index is -1.81. The molecule has 0 unspecified atom stereocenters. The van der Waals surface area contributed by atoms with Crippen molar-refractivity contribution >= 4 is 5.69 Å². The van der Waals surface area contributed by atoms with Crippen LogP contribution >= 0.6 is 0 Å². The maximum Gasteiger partial charge on any atom is 0.197 e. The fourth-order valence-corrected chi connectivity index (χ4v) is 1.65. The molecule has 0 aliphatic rings. The first kappa shape index (κ1) is 12.4. The maximum absolute atomic E-state index is 13.4. The molecule has 0 saturated carbocycles. The zero-order valence-corrected chi connectivity index (χ0v) is 9.18. The first-order valence-electron chi connectivity index (χ1n) is 5.16. The summed E-state index contributed by atoms with van der Waals surface area (Å²) in [6, 6.07) is 7.18. The van der Waals surface area contributed by atoms with Gasteiger partial charge in [-0.3, -0.25) is 0 Å². The molecule has 0 saturated heterocycles. The number of para-hydroxylation sites is 1. The first-order valence-corrected chi connectivity index (χ1v) is 5.16. The fraction of sp³-hybridized carbons (Fsp3) is 0.0769. The predicted octanol–water partition coefficient (Wildman–Crippen LogP) is 3.42. The van der Waals surface area contributed by atoms with E-state index in [1.165, 1.54) is 0 Å². The third kappa shape index (κ3) is 2.16. The second kappa shape index (κ2) is 4.68. The second-order valence-electron chi connectivity index (χ2n) is 3.84. The highest BCUT2D eigenvalue weighted by Crippen LogP contribution is 2.23. The molecule has 1 nitrogen and oxygen atoms in total. The van der Waals surface area contributed by atoms with Gasteiger partial charge in [-0.15, -0.1) is 0 Å². The minimum Gasteiger partial charge on any atom is -0.398 e. The van der Waals surface area contributed by atoms with Crippen molar-refractivity contribution in [1.29, 1.82) is 0 Å². The zero-order chi connectivity index (χ0) is 13.3. The lowest BCUT2D eigenvalue weighted by atomic mass is 10.0. The molecule has 0 bridgehead atoms. The van der Waals surface area contributed by atoms with Gasteiger partial charge >= 0.3 is 0 Å². The number of nitrogen functional groups attached to an aromatic ring is 1. The van der Waals surface area contributed by atoms with Crippen molar-refractivity contribution in [3.8, 4) is 0 Å². The monoisotopic (exact) mass is 255 g/mol. The predicted molar refractivity (Wildman–Crippen MR) is 59.9 cm³/mol. The summed E-state index contributed by atoms with van der Waals surface area (Å²) in [6.45, 7) is 0. The molecule has 2 N–H and O–H groups in total. The van der Waals surface area contributed by atoms with Crippen LogP contribution in [0, 0.1) is 23.3 Å². The summed E-state index contributed by atoms with van der Waals surface area (Å²) in [4.78, 5) is 0. The molecule has 2 aromatic carbocycles. The summed E-state index contributed by atoms with van der Waals surface area (Å²) < 4.78 is 52.3. The van der Waals surface area contributed by atoms with Gasteiger partial charge in [0.25, 0.3) is 0 Å². The summed E-state index contributed by atoms with van der Waals surface area (Å²) in [5.41, 5.74) is 6.26. The summed E-state index contributed by atoms with van der Waals surface area (Å²) in [7, 11) is 0. The number of nitrogens with two attached hydrogens (primary N) is 1. The fourth-order valence-electron chi connectivity index (χ4n) is 1.65. The minimum absolute atomic E-state index is 0.105. The van der Waals surface area contributed by atoms with Gasteiger partial charge < -0.3 is 5.73 Å². The number of hydrogen-bond acceptors (Lipinski definition) is 1. The van der Waals surface area contributed by atoms with E-state index in [0.717, 1.165) is 0 Å². The molecule has 5 heteroatoms. The average Bonchev–Trinajstić information content (AvgIpc) is 2.36. The van der Waals surface area contributed by atoms with E-state index in [4.69, 9.17) is 5.73 Å². The third-order valence-electron chi connectivity index (χ3n) is 2.61. The number of benzene rings is 2. The average molecular weight is 255 g/mol. The lowest BCUT2D eigenvalue weighted by Crippen LogP contribution is -2.03. The van der Waals surface area contributed by atoms with E-state index in [2.05, 4.69) is 0 Å². The molecule has 94 valence electrons. The van der Waals surface area contributed by atoms with Gasteiger partial charge in [-0.05, 0) is 23.3 Å². The smallest absolute Gasteiger partial charge is 0.197 e. The van der Waals surface area contributed by atoms with Crippen LogP contribution in [0.4, 0.5) is 23.2 Å². The Morgan fingerprint density at radius 3 is 2.17 bits per heavy atom. The van der Waals surface area contributed by atoms with Gasteiger partial charge in [-0.25, -0.2) is 17.6 Å². The third-order valence-corrected chi connectivity index (χ3v) is 2.61. The van der Waals surface area contributed by atoms with E-state index < -0.39 is 23.3 Å². The van der Waals surface area contributed by atoms with E-state index in [0.29, 0.717) is 17.3 Å². The summed E-state index contributed by atoms with van der Waals surface area (Å²) in [5, 5.41) is 0. The molecule has 0 aliphatic carbocycles. The van der Waals surface area contributed by atoms with E-state index in [1.54, 1.807) is 24.3 Å². The Bertz CT molecular complexity index is 596. The number of hydrogen-bond donors (Lipinski definition) is 1. The SMILES string of the molecule is Nc1ccccc1Cc1cc(F)c(F)c(F)c1F. The van der Waals surface area contributed by atoms with Gasteiger partial charge in [0, 0.05) is 12.1 Å². The summed E-state index contributed by atoms with van der Waals surface area (Å²) in [6.07, 6.45) is -0.105. The highest BCUT2D eigenvalue weighted by molar-refractivity contribution is 5.48. The Morgan fingerprint density at radius 1 is 0.833 bits per heavy atom. The van der Waals surface area contributed by atoms with Crippen LogP contribution in [0.25, 0.3) is 0 Å². The Labute approximate surface area is 101 Å². The Balaban J connectivity index is 2.45. The lowest BCUT2D eigenvalue weighted by Gasteiger charge is -2.08. The summed E-state index contributed by atoms with van der Waals surface area (Å²) in [5.74, 6) is -6.42. The van der Waals surface area contributed by atoms with Crippen molar-refractivity contribution in [2.45, 2.75) is 6.42 Å². The van der Waals surface area contributed by atoms with Crippen molar-refractivity contribution in [3.05, 3.63) is 64.7 Å². The van der Waals surface area contributed by atoms with Crippen LogP contribution in [-0.4, -0.2) is 0 Å². The van der Waals surface area contributed by atoms with Crippen LogP contribution in [0.1, 0.15) is 11.1 Å². The molecule has 0 radical (unpaired) electrons. The highest BCUT2D eigenvalue weighted by atomic mass is 19.2. The van der Waals surface area contributed by atoms with E-state index in [9.17, 15) is 17.6 Å². The van der Waals surface area contributed by atoms with Crippen molar-refractivity contribution in [1.82, 2.24) is 0 Å². The van der Waals surface area contributed by atoms with Gasteiger partial charge in [0.1, 0.15) is 0 Å².